The van der Waals surface area contributed by atoms with Crippen molar-refractivity contribution in [2.45, 2.75) is 13.0 Å². The topological polar surface area (TPSA) is 64.4 Å². The molecule has 2 aromatic carbocycles. The third-order valence-corrected chi connectivity index (χ3v) is 2.97. The maximum atomic E-state index is 10.9. The summed E-state index contributed by atoms with van der Waals surface area (Å²) in [7, 11) is 1.71. The van der Waals surface area contributed by atoms with E-state index in [-0.39, 0.29) is 11.8 Å². The van der Waals surface area contributed by atoms with E-state index in [0.717, 1.165) is 5.56 Å². The molecule has 2 rings (SSSR count). The number of nitrogens with one attached hydrogen (secondary N) is 1. The Hall–Kier alpha value is -2.56. The van der Waals surface area contributed by atoms with E-state index in [1.807, 2.05) is 37.3 Å². The van der Waals surface area contributed by atoms with Gasteiger partial charge in [0.25, 0.3) is 5.69 Å². The van der Waals surface area contributed by atoms with Gasteiger partial charge in [0.1, 0.15) is 11.9 Å². The Morgan fingerprint density at radius 2 is 1.90 bits per heavy atom. The second-order valence-corrected chi connectivity index (χ2v) is 4.39. The molecule has 5 nitrogen and oxygen atoms in total. The Morgan fingerprint density at radius 3 is 2.50 bits per heavy atom. The molecule has 0 amide bonds. The van der Waals surface area contributed by atoms with Crippen LogP contribution in [0, 0.1) is 10.1 Å². The molecule has 0 heterocycles. The van der Waals surface area contributed by atoms with Crippen LogP contribution >= 0.6 is 0 Å². The minimum atomic E-state index is -0.430. The van der Waals surface area contributed by atoms with Gasteiger partial charge in [-0.1, -0.05) is 30.3 Å². The van der Waals surface area contributed by atoms with Crippen LogP contribution < -0.4 is 10.1 Å². The molecule has 0 aromatic heterocycles. The molecule has 1 unspecified atom stereocenters. The van der Waals surface area contributed by atoms with Gasteiger partial charge in [-0.3, -0.25) is 10.1 Å². The van der Waals surface area contributed by atoms with Gasteiger partial charge in [0.2, 0.25) is 0 Å². The highest BCUT2D eigenvalue weighted by Crippen LogP contribution is 2.29. The highest BCUT2D eigenvalue weighted by atomic mass is 16.6. The fraction of sp³-hybridized carbons (Fsp3) is 0.200. The average Bonchev–Trinajstić information content (AvgIpc) is 2.47. The third-order valence-electron chi connectivity index (χ3n) is 2.97. The van der Waals surface area contributed by atoms with Gasteiger partial charge in [0.15, 0.2) is 0 Å². The molecule has 0 aliphatic heterocycles. The van der Waals surface area contributed by atoms with Crippen molar-refractivity contribution in [3.8, 4) is 5.75 Å². The first kappa shape index (κ1) is 13.9. The second-order valence-electron chi connectivity index (χ2n) is 4.39. The van der Waals surface area contributed by atoms with Crippen LogP contribution in [0.15, 0.2) is 48.5 Å². The third kappa shape index (κ3) is 3.26. The zero-order valence-corrected chi connectivity index (χ0v) is 11.4. The monoisotopic (exact) mass is 272 g/mol. The van der Waals surface area contributed by atoms with Gasteiger partial charge < -0.3 is 10.1 Å². The number of nitrogens with zero attached hydrogens (tertiary/aromatic N) is 1. The van der Waals surface area contributed by atoms with Crippen LogP contribution in [0.25, 0.3) is 0 Å². The van der Waals surface area contributed by atoms with Crippen LogP contribution in [-0.2, 0) is 0 Å². The highest BCUT2D eigenvalue weighted by Gasteiger charge is 2.13. The summed E-state index contributed by atoms with van der Waals surface area (Å²) in [5, 5.41) is 13.8. The van der Waals surface area contributed by atoms with E-state index < -0.39 is 4.92 Å². The molecule has 104 valence electrons. The normalized spacial score (nSPS) is 11.7. The van der Waals surface area contributed by atoms with Crippen molar-refractivity contribution in [3.05, 3.63) is 64.2 Å². The fourth-order valence-corrected chi connectivity index (χ4v) is 1.90. The maximum absolute atomic E-state index is 10.9. The van der Waals surface area contributed by atoms with Crippen LogP contribution in [-0.4, -0.2) is 12.0 Å². The van der Waals surface area contributed by atoms with Crippen molar-refractivity contribution in [2.24, 2.45) is 0 Å². The van der Waals surface area contributed by atoms with Gasteiger partial charge in [-0.2, -0.15) is 0 Å². The van der Waals surface area contributed by atoms with Gasteiger partial charge in [-0.05, 0) is 12.5 Å². The van der Waals surface area contributed by atoms with E-state index in [2.05, 4.69) is 5.32 Å². The summed E-state index contributed by atoms with van der Waals surface area (Å²) in [4.78, 5) is 10.5. The van der Waals surface area contributed by atoms with Crippen molar-refractivity contribution in [1.82, 2.24) is 0 Å². The number of benzene rings is 2. The summed E-state index contributed by atoms with van der Waals surface area (Å²) >= 11 is 0. The zero-order chi connectivity index (χ0) is 14.5. The first-order chi connectivity index (χ1) is 9.60. The molecule has 0 spiro atoms. The Bertz CT molecular complexity index is 599. The standard InChI is InChI=1S/C15H16N2O3/c1-11(12-6-4-3-5-7-12)20-15-9-13(16-2)8-14(10-15)17(18)19/h3-11,16H,1-2H3. The number of hydrogen-bond donors (Lipinski definition) is 1. The van der Waals surface area contributed by atoms with Gasteiger partial charge in [-0.15, -0.1) is 0 Å². The van der Waals surface area contributed by atoms with Crippen LogP contribution in [0.4, 0.5) is 11.4 Å². The van der Waals surface area contributed by atoms with E-state index in [1.54, 1.807) is 13.1 Å². The van der Waals surface area contributed by atoms with E-state index in [1.165, 1.54) is 12.1 Å². The molecule has 5 heteroatoms. The van der Waals surface area contributed by atoms with Crippen molar-refractivity contribution >= 4 is 11.4 Å². The first-order valence-electron chi connectivity index (χ1n) is 6.29. The van der Waals surface area contributed by atoms with Crippen molar-refractivity contribution in [3.63, 3.8) is 0 Å². The van der Waals surface area contributed by atoms with Crippen LogP contribution in [0.2, 0.25) is 0 Å². The molecule has 1 N–H and O–H groups in total. The predicted molar refractivity (Wildman–Crippen MR) is 78.1 cm³/mol. The predicted octanol–water partition coefficient (Wildman–Crippen LogP) is 3.78. The summed E-state index contributed by atoms with van der Waals surface area (Å²) in [5.41, 5.74) is 1.67. The second kappa shape index (κ2) is 6.06. The van der Waals surface area contributed by atoms with Crippen molar-refractivity contribution < 1.29 is 9.66 Å². The molecule has 0 radical (unpaired) electrons. The smallest absolute Gasteiger partial charge is 0.275 e. The Balaban J connectivity index is 2.24. The lowest BCUT2D eigenvalue weighted by Crippen LogP contribution is -2.03. The summed E-state index contributed by atoms with van der Waals surface area (Å²) in [5.74, 6) is 0.472. The van der Waals surface area contributed by atoms with Gasteiger partial charge in [-0.25, -0.2) is 0 Å². The van der Waals surface area contributed by atoms with E-state index in [4.69, 9.17) is 4.74 Å². The van der Waals surface area contributed by atoms with E-state index in [0.29, 0.717) is 11.4 Å². The average molecular weight is 272 g/mol. The fourth-order valence-electron chi connectivity index (χ4n) is 1.90. The molecule has 0 saturated heterocycles. The SMILES string of the molecule is CNc1cc(OC(C)c2ccccc2)cc([N+](=O)[O-])c1. The number of nitro groups is 1. The summed E-state index contributed by atoms with van der Waals surface area (Å²) < 4.78 is 5.79. The number of nitro benzene ring substituents is 1. The van der Waals surface area contributed by atoms with Crippen LogP contribution in [0.5, 0.6) is 5.75 Å². The minimum Gasteiger partial charge on any atom is -0.486 e. The van der Waals surface area contributed by atoms with Crippen LogP contribution in [0.1, 0.15) is 18.6 Å². The molecule has 0 saturated carbocycles. The van der Waals surface area contributed by atoms with E-state index in [9.17, 15) is 10.1 Å². The van der Waals surface area contributed by atoms with Crippen LogP contribution in [0.3, 0.4) is 0 Å². The largest absolute Gasteiger partial charge is 0.486 e. The molecule has 0 fully saturated rings. The molecule has 1 atom stereocenters. The summed E-state index contributed by atoms with van der Waals surface area (Å²) in [6.45, 7) is 1.91. The first-order valence-corrected chi connectivity index (χ1v) is 6.29. The molecule has 20 heavy (non-hydrogen) atoms. The lowest BCUT2D eigenvalue weighted by Gasteiger charge is -2.15. The number of ether oxygens (including phenoxy) is 1. The molecule has 2 aromatic rings. The molecule has 0 bridgehead atoms. The molecular weight excluding hydrogens is 256 g/mol. The summed E-state index contributed by atoms with van der Waals surface area (Å²) in [6.07, 6.45) is -0.178. The number of anilines is 1. The number of non-ortho nitro benzene ring substituents is 1. The lowest BCUT2D eigenvalue weighted by molar-refractivity contribution is -0.384. The molecular formula is C15H16N2O3. The van der Waals surface area contributed by atoms with Gasteiger partial charge in [0, 0.05) is 24.9 Å². The Labute approximate surface area is 117 Å². The highest BCUT2D eigenvalue weighted by molar-refractivity contribution is 5.56. The molecule has 0 aliphatic rings. The summed E-state index contributed by atoms with van der Waals surface area (Å²) in [6, 6.07) is 14.4. The van der Waals surface area contributed by atoms with Crippen molar-refractivity contribution in [2.75, 3.05) is 12.4 Å². The Kier molecular flexibility index (Phi) is 4.20. The molecule has 0 aliphatic carbocycles. The minimum absolute atomic E-state index is 0.00658. The van der Waals surface area contributed by atoms with Gasteiger partial charge >= 0.3 is 0 Å². The lowest BCUT2D eigenvalue weighted by atomic mass is 10.1. The zero-order valence-electron chi connectivity index (χ0n) is 11.4. The quantitative estimate of drug-likeness (QED) is 0.664. The number of hydrogen-bond acceptors (Lipinski definition) is 4. The van der Waals surface area contributed by atoms with E-state index >= 15 is 0 Å². The maximum Gasteiger partial charge on any atom is 0.275 e. The van der Waals surface area contributed by atoms with Gasteiger partial charge in [0.05, 0.1) is 11.0 Å². The number of rotatable bonds is 5. The van der Waals surface area contributed by atoms with Crippen molar-refractivity contribution in [1.29, 1.82) is 0 Å². The Morgan fingerprint density at radius 1 is 1.20 bits per heavy atom.